The average molecular weight is 473 g/mol. The molecule has 3 aromatic rings. The topological polar surface area (TPSA) is 80.3 Å². The van der Waals surface area contributed by atoms with Crippen LogP contribution in [0.5, 0.6) is 0 Å². The number of aryl methyl sites for hydroxylation is 1. The van der Waals surface area contributed by atoms with Gasteiger partial charge in [0.2, 0.25) is 10.0 Å². The van der Waals surface area contributed by atoms with Gasteiger partial charge in [-0.25, -0.2) is 8.42 Å². The Morgan fingerprint density at radius 3 is 1.83 bits per heavy atom. The number of hydrogen-bond donors (Lipinski definition) is 0. The van der Waals surface area contributed by atoms with E-state index in [-0.39, 0.29) is 16.6 Å². The Hall–Kier alpha value is -2.55. The second-order valence-electron chi connectivity index (χ2n) is 6.94. The minimum absolute atomic E-state index is 0.0254. The highest BCUT2D eigenvalue weighted by Gasteiger charge is 2.57. The first-order valence-corrected chi connectivity index (χ1v) is 11.1. The summed E-state index contributed by atoms with van der Waals surface area (Å²) in [5.74, 6) is 0. The van der Waals surface area contributed by atoms with Crippen LogP contribution in [-0.2, 0) is 10.0 Å². The van der Waals surface area contributed by atoms with Crippen molar-refractivity contribution >= 4 is 31.6 Å². The molecule has 0 spiro atoms. The molecule has 0 radical (unpaired) electrons. The molecule has 8 heteroatoms. The summed E-state index contributed by atoms with van der Waals surface area (Å²) in [5, 5.41) is 10.9. The quantitative estimate of drug-likeness (QED) is 0.292. The molecule has 1 saturated heterocycles. The van der Waals surface area contributed by atoms with E-state index >= 15 is 0 Å². The van der Waals surface area contributed by atoms with Crippen LogP contribution >= 0.6 is 15.9 Å². The Bertz CT molecular complexity index is 1160. The molecule has 148 valence electrons. The van der Waals surface area contributed by atoms with Gasteiger partial charge in [0.05, 0.1) is 21.9 Å². The second kappa shape index (κ2) is 7.37. The SMILES string of the molecule is Cc1ccc(S(=O)(=O)N2[C@H](c3ccc([N+](=O)[O-])cc3)[C@@H]2c2ccc(Br)cc2)cc1. The van der Waals surface area contributed by atoms with Crippen LogP contribution in [0, 0.1) is 17.0 Å². The van der Waals surface area contributed by atoms with Crippen LogP contribution in [0.25, 0.3) is 0 Å². The molecule has 0 N–H and O–H groups in total. The molecule has 3 atom stereocenters. The molecule has 1 aliphatic rings. The van der Waals surface area contributed by atoms with Crippen LogP contribution in [0.4, 0.5) is 5.69 Å². The monoisotopic (exact) mass is 472 g/mol. The zero-order chi connectivity index (χ0) is 20.8. The number of nitrogens with zero attached hydrogens (tertiary/aromatic N) is 2. The fourth-order valence-corrected chi connectivity index (χ4v) is 5.46. The van der Waals surface area contributed by atoms with Crippen molar-refractivity contribution in [3.63, 3.8) is 0 Å². The molecular weight excluding hydrogens is 456 g/mol. The maximum atomic E-state index is 13.3. The number of non-ortho nitro benzene ring substituents is 1. The first-order valence-electron chi connectivity index (χ1n) is 8.89. The van der Waals surface area contributed by atoms with Crippen molar-refractivity contribution in [2.75, 3.05) is 0 Å². The summed E-state index contributed by atoms with van der Waals surface area (Å²) in [6.45, 7) is 1.90. The summed E-state index contributed by atoms with van der Waals surface area (Å²) in [4.78, 5) is 10.7. The molecule has 0 aromatic heterocycles. The van der Waals surface area contributed by atoms with Gasteiger partial charge in [-0.05, 0) is 42.3 Å². The largest absolute Gasteiger partial charge is 0.269 e. The molecule has 0 aliphatic carbocycles. The highest BCUT2D eigenvalue weighted by atomic mass is 79.9. The molecule has 0 bridgehead atoms. The zero-order valence-electron chi connectivity index (χ0n) is 15.4. The van der Waals surface area contributed by atoms with E-state index in [9.17, 15) is 18.5 Å². The van der Waals surface area contributed by atoms with Crippen molar-refractivity contribution in [1.82, 2.24) is 4.31 Å². The number of benzene rings is 3. The zero-order valence-corrected chi connectivity index (χ0v) is 17.8. The van der Waals surface area contributed by atoms with Gasteiger partial charge in [-0.3, -0.25) is 10.1 Å². The molecule has 1 unspecified atom stereocenters. The maximum Gasteiger partial charge on any atom is 0.269 e. The number of nitro benzene ring substituents is 1. The number of nitro groups is 1. The maximum absolute atomic E-state index is 13.3. The van der Waals surface area contributed by atoms with Crippen molar-refractivity contribution in [3.8, 4) is 0 Å². The Morgan fingerprint density at radius 2 is 1.34 bits per heavy atom. The van der Waals surface area contributed by atoms with Crippen molar-refractivity contribution in [2.45, 2.75) is 23.9 Å². The van der Waals surface area contributed by atoms with Crippen molar-refractivity contribution < 1.29 is 13.3 Å². The van der Waals surface area contributed by atoms with E-state index in [2.05, 4.69) is 15.9 Å². The van der Waals surface area contributed by atoms with Crippen LogP contribution < -0.4 is 0 Å². The van der Waals surface area contributed by atoms with E-state index in [4.69, 9.17) is 0 Å². The summed E-state index contributed by atoms with van der Waals surface area (Å²) in [6.07, 6.45) is 0. The van der Waals surface area contributed by atoms with Crippen molar-refractivity contribution in [3.05, 3.63) is 104 Å². The third-order valence-corrected chi connectivity index (χ3v) is 7.42. The molecule has 0 saturated carbocycles. The Labute approximate surface area is 177 Å². The predicted octanol–water partition coefficient (Wildman–Crippen LogP) is 5.15. The first kappa shape index (κ1) is 19.8. The van der Waals surface area contributed by atoms with E-state index in [0.717, 1.165) is 21.2 Å². The number of hydrogen-bond acceptors (Lipinski definition) is 4. The Kier molecular flexibility index (Phi) is 5.02. The molecule has 6 nitrogen and oxygen atoms in total. The van der Waals surface area contributed by atoms with Gasteiger partial charge in [0.15, 0.2) is 0 Å². The van der Waals surface area contributed by atoms with E-state index in [1.54, 1.807) is 36.4 Å². The molecule has 29 heavy (non-hydrogen) atoms. The van der Waals surface area contributed by atoms with Crippen LogP contribution in [0.15, 0.2) is 82.2 Å². The molecule has 4 rings (SSSR count). The number of halogens is 1. The van der Waals surface area contributed by atoms with Crippen molar-refractivity contribution in [2.24, 2.45) is 0 Å². The lowest BCUT2D eigenvalue weighted by Crippen LogP contribution is -2.13. The third kappa shape index (κ3) is 3.71. The average Bonchev–Trinajstić information content (AvgIpc) is 3.45. The van der Waals surface area contributed by atoms with Gasteiger partial charge in [-0.15, -0.1) is 0 Å². The Balaban J connectivity index is 1.75. The molecular formula is C21H17BrN2O4S. The normalized spacial score (nSPS) is 21.0. The van der Waals surface area contributed by atoms with Crippen LogP contribution in [0.3, 0.4) is 0 Å². The summed E-state index contributed by atoms with van der Waals surface area (Å²) >= 11 is 3.40. The number of sulfonamides is 1. The van der Waals surface area contributed by atoms with Gasteiger partial charge >= 0.3 is 0 Å². The predicted molar refractivity (Wildman–Crippen MR) is 113 cm³/mol. The lowest BCUT2D eigenvalue weighted by atomic mass is 10.0. The van der Waals surface area contributed by atoms with E-state index in [1.807, 2.05) is 31.2 Å². The lowest BCUT2D eigenvalue weighted by molar-refractivity contribution is -0.384. The van der Waals surface area contributed by atoms with Gasteiger partial charge in [0.25, 0.3) is 5.69 Å². The van der Waals surface area contributed by atoms with E-state index in [1.165, 1.54) is 16.4 Å². The molecule has 1 heterocycles. The molecule has 3 aromatic carbocycles. The van der Waals surface area contributed by atoms with Crippen LogP contribution in [-0.4, -0.2) is 17.6 Å². The van der Waals surface area contributed by atoms with E-state index in [0.29, 0.717) is 0 Å². The van der Waals surface area contributed by atoms with Gasteiger partial charge in [0, 0.05) is 16.6 Å². The minimum Gasteiger partial charge on any atom is -0.258 e. The summed E-state index contributed by atoms with van der Waals surface area (Å²) in [7, 11) is -3.73. The standard InChI is InChI=1S/C21H17BrN2O4S/c1-14-2-12-19(13-3-14)29(27,28)23-20(15-4-8-17(22)9-5-15)21(23)16-6-10-18(11-7-16)24(25)26/h2-13,20-21H,1H3/t20-,21+,23?/m0/s1. The smallest absolute Gasteiger partial charge is 0.258 e. The highest BCUT2D eigenvalue weighted by molar-refractivity contribution is 9.10. The van der Waals surface area contributed by atoms with Gasteiger partial charge in [-0.1, -0.05) is 57.9 Å². The Morgan fingerprint density at radius 1 is 0.862 bits per heavy atom. The van der Waals surface area contributed by atoms with Crippen LogP contribution in [0.1, 0.15) is 28.8 Å². The fourth-order valence-electron chi connectivity index (χ4n) is 3.45. The summed E-state index contributed by atoms with van der Waals surface area (Å²) in [5.41, 5.74) is 2.54. The van der Waals surface area contributed by atoms with E-state index < -0.39 is 21.0 Å². The fraction of sp³-hybridized carbons (Fsp3) is 0.143. The van der Waals surface area contributed by atoms with Gasteiger partial charge < -0.3 is 0 Å². The van der Waals surface area contributed by atoms with Crippen LogP contribution in [0.2, 0.25) is 0 Å². The highest BCUT2D eigenvalue weighted by Crippen LogP contribution is 2.58. The molecule has 1 aliphatic heterocycles. The third-order valence-electron chi connectivity index (χ3n) is 5.01. The molecule has 1 fully saturated rings. The molecule has 0 amide bonds. The van der Waals surface area contributed by atoms with Gasteiger partial charge in [0.1, 0.15) is 0 Å². The second-order valence-corrected chi connectivity index (χ2v) is 9.70. The summed E-state index contributed by atoms with van der Waals surface area (Å²) < 4.78 is 29.0. The number of rotatable bonds is 5. The van der Waals surface area contributed by atoms with Crippen molar-refractivity contribution in [1.29, 1.82) is 0 Å². The lowest BCUT2D eigenvalue weighted by Gasteiger charge is -2.08. The summed E-state index contributed by atoms with van der Waals surface area (Å²) in [6, 6.07) is 19.6. The first-order chi connectivity index (χ1) is 13.8. The van der Waals surface area contributed by atoms with Gasteiger partial charge in [-0.2, -0.15) is 4.31 Å². The minimum atomic E-state index is -3.73.